The number of anilines is 1. The number of hydrogen-bond acceptors (Lipinski definition) is 4. The number of nitriles is 1. The first-order valence-corrected chi connectivity index (χ1v) is 7.74. The molecule has 0 bridgehead atoms. The van der Waals surface area contributed by atoms with Gasteiger partial charge in [-0.2, -0.15) is 5.26 Å². The van der Waals surface area contributed by atoms with Crippen molar-refractivity contribution in [2.75, 3.05) is 5.32 Å². The predicted molar refractivity (Wildman–Crippen MR) is 94.2 cm³/mol. The zero-order chi connectivity index (χ0) is 18.1. The third-order valence-electron chi connectivity index (χ3n) is 4.73. The molecular weight excluding hydrogens is 304 g/mol. The molecule has 24 heavy (non-hydrogen) atoms. The van der Waals surface area contributed by atoms with Gasteiger partial charge in [-0.3, -0.25) is 13.9 Å². The Morgan fingerprint density at radius 3 is 2.25 bits per heavy atom. The van der Waals surface area contributed by atoms with Crippen molar-refractivity contribution in [3.63, 3.8) is 0 Å². The number of aromatic nitrogens is 2. The molecule has 6 nitrogen and oxygen atoms in total. The molecule has 0 saturated carbocycles. The highest BCUT2D eigenvalue weighted by Crippen LogP contribution is 2.29. The standard InChI is InChI=1S/C18H22N4O2/c1-12(18(2,3)13-9-7-6-8-10-13)20-15-14(11-19)16(23)22(5)17(24)21(15)4/h6-10,12,20H,1-5H3. The van der Waals surface area contributed by atoms with Crippen molar-refractivity contribution >= 4 is 5.82 Å². The zero-order valence-corrected chi connectivity index (χ0v) is 14.6. The van der Waals surface area contributed by atoms with Gasteiger partial charge in [-0.15, -0.1) is 0 Å². The van der Waals surface area contributed by atoms with Gasteiger partial charge in [0.15, 0.2) is 5.56 Å². The van der Waals surface area contributed by atoms with Gasteiger partial charge in [0, 0.05) is 25.6 Å². The van der Waals surface area contributed by atoms with Gasteiger partial charge in [0.1, 0.15) is 11.9 Å². The molecule has 0 radical (unpaired) electrons. The second kappa shape index (κ2) is 6.36. The average molecular weight is 326 g/mol. The lowest BCUT2D eigenvalue weighted by atomic mass is 9.78. The molecule has 0 spiro atoms. The maximum Gasteiger partial charge on any atom is 0.332 e. The number of rotatable bonds is 4. The molecule has 126 valence electrons. The summed E-state index contributed by atoms with van der Waals surface area (Å²) in [4.78, 5) is 24.3. The predicted octanol–water partition coefficient (Wildman–Crippen LogP) is 1.73. The fourth-order valence-electron chi connectivity index (χ4n) is 2.62. The largest absolute Gasteiger partial charge is 0.367 e. The second-order valence-electron chi connectivity index (χ2n) is 6.49. The Balaban J connectivity index is 2.51. The van der Waals surface area contributed by atoms with Gasteiger partial charge in [0.05, 0.1) is 0 Å². The van der Waals surface area contributed by atoms with E-state index in [0.29, 0.717) is 0 Å². The van der Waals surface area contributed by atoms with Gasteiger partial charge in [-0.1, -0.05) is 44.2 Å². The van der Waals surface area contributed by atoms with Gasteiger partial charge < -0.3 is 5.32 Å². The highest BCUT2D eigenvalue weighted by atomic mass is 16.2. The van der Waals surface area contributed by atoms with Gasteiger partial charge in [0.25, 0.3) is 5.56 Å². The van der Waals surface area contributed by atoms with Crippen LogP contribution in [0.25, 0.3) is 0 Å². The third-order valence-corrected chi connectivity index (χ3v) is 4.73. The summed E-state index contributed by atoms with van der Waals surface area (Å²) in [5, 5.41) is 12.6. The third kappa shape index (κ3) is 2.85. The van der Waals surface area contributed by atoms with E-state index >= 15 is 0 Å². The molecule has 1 N–H and O–H groups in total. The Bertz CT molecular complexity index is 902. The Kier molecular flexibility index (Phi) is 4.65. The molecule has 0 saturated heterocycles. The molecule has 1 aromatic carbocycles. The first-order chi connectivity index (χ1) is 11.2. The van der Waals surface area contributed by atoms with Crippen molar-refractivity contribution in [1.82, 2.24) is 9.13 Å². The van der Waals surface area contributed by atoms with E-state index in [-0.39, 0.29) is 22.8 Å². The van der Waals surface area contributed by atoms with Crippen LogP contribution < -0.4 is 16.6 Å². The van der Waals surface area contributed by atoms with Crippen LogP contribution in [-0.4, -0.2) is 15.2 Å². The first kappa shape index (κ1) is 17.5. The maximum atomic E-state index is 12.2. The summed E-state index contributed by atoms with van der Waals surface area (Å²) in [6, 6.07) is 11.8. The molecule has 2 aromatic rings. The Morgan fingerprint density at radius 2 is 1.71 bits per heavy atom. The van der Waals surface area contributed by atoms with E-state index in [4.69, 9.17) is 0 Å². The van der Waals surface area contributed by atoms with Crippen molar-refractivity contribution < 1.29 is 0 Å². The van der Waals surface area contributed by atoms with Gasteiger partial charge in [-0.05, 0) is 12.5 Å². The lowest BCUT2D eigenvalue weighted by Gasteiger charge is -2.34. The van der Waals surface area contributed by atoms with E-state index in [0.717, 1.165) is 10.1 Å². The summed E-state index contributed by atoms with van der Waals surface area (Å²) in [7, 11) is 2.92. The summed E-state index contributed by atoms with van der Waals surface area (Å²) < 4.78 is 2.24. The lowest BCUT2D eigenvalue weighted by molar-refractivity contribution is 0.454. The Labute approximate surface area is 141 Å². The monoisotopic (exact) mass is 326 g/mol. The number of nitrogens with zero attached hydrogens (tertiary/aromatic N) is 3. The van der Waals surface area contributed by atoms with E-state index in [9.17, 15) is 14.9 Å². The van der Waals surface area contributed by atoms with Crippen LogP contribution in [0.15, 0.2) is 39.9 Å². The zero-order valence-electron chi connectivity index (χ0n) is 14.6. The van der Waals surface area contributed by atoms with Crippen molar-refractivity contribution in [2.24, 2.45) is 14.1 Å². The van der Waals surface area contributed by atoms with E-state index in [1.165, 1.54) is 11.6 Å². The topological polar surface area (TPSA) is 79.8 Å². The molecule has 1 atom stereocenters. The second-order valence-corrected chi connectivity index (χ2v) is 6.49. The van der Waals surface area contributed by atoms with E-state index < -0.39 is 11.2 Å². The number of benzene rings is 1. The SMILES string of the molecule is CC(Nc1c(C#N)c(=O)n(C)c(=O)n1C)C(C)(C)c1ccccc1. The van der Waals surface area contributed by atoms with Crippen LogP contribution in [0.4, 0.5) is 5.82 Å². The van der Waals surface area contributed by atoms with Crippen molar-refractivity contribution in [3.8, 4) is 6.07 Å². The van der Waals surface area contributed by atoms with Crippen molar-refractivity contribution in [2.45, 2.75) is 32.2 Å². The van der Waals surface area contributed by atoms with Crippen LogP contribution in [0, 0.1) is 11.3 Å². The quantitative estimate of drug-likeness (QED) is 0.928. The minimum atomic E-state index is -0.590. The average Bonchev–Trinajstić information content (AvgIpc) is 2.58. The summed E-state index contributed by atoms with van der Waals surface area (Å²) in [5.74, 6) is 0.252. The molecule has 1 unspecified atom stereocenters. The summed E-state index contributed by atoms with van der Waals surface area (Å²) in [5.41, 5.74) is -0.267. The summed E-state index contributed by atoms with van der Waals surface area (Å²) in [6.07, 6.45) is 0. The minimum Gasteiger partial charge on any atom is -0.367 e. The van der Waals surface area contributed by atoms with Crippen LogP contribution in [0.1, 0.15) is 31.9 Å². The Hall–Kier alpha value is -2.81. The van der Waals surface area contributed by atoms with Crippen LogP contribution >= 0.6 is 0 Å². The van der Waals surface area contributed by atoms with E-state index in [2.05, 4.69) is 19.2 Å². The van der Waals surface area contributed by atoms with Crippen LogP contribution in [0.5, 0.6) is 0 Å². The first-order valence-electron chi connectivity index (χ1n) is 7.74. The molecule has 0 amide bonds. The maximum absolute atomic E-state index is 12.2. The molecule has 0 fully saturated rings. The molecule has 2 rings (SSSR count). The molecule has 0 aliphatic carbocycles. The fraction of sp³-hybridized carbons (Fsp3) is 0.389. The highest BCUT2D eigenvalue weighted by molar-refractivity contribution is 5.52. The molecular formula is C18H22N4O2. The minimum absolute atomic E-state index is 0.0599. The van der Waals surface area contributed by atoms with Crippen molar-refractivity contribution in [1.29, 1.82) is 5.26 Å². The fourth-order valence-corrected chi connectivity index (χ4v) is 2.62. The molecule has 0 aliphatic heterocycles. The normalized spacial score (nSPS) is 12.5. The van der Waals surface area contributed by atoms with E-state index in [1.54, 1.807) is 7.05 Å². The Morgan fingerprint density at radius 1 is 1.12 bits per heavy atom. The highest BCUT2D eigenvalue weighted by Gasteiger charge is 2.29. The van der Waals surface area contributed by atoms with Crippen LogP contribution in [-0.2, 0) is 19.5 Å². The molecule has 1 heterocycles. The summed E-state index contributed by atoms with van der Waals surface area (Å²) in [6.45, 7) is 6.12. The summed E-state index contributed by atoms with van der Waals surface area (Å²) >= 11 is 0. The molecule has 6 heteroatoms. The lowest BCUT2D eigenvalue weighted by Crippen LogP contribution is -2.43. The number of hydrogen-bond donors (Lipinski definition) is 1. The van der Waals surface area contributed by atoms with Gasteiger partial charge in [0.2, 0.25) is 0 Å². The smallest absolute Gasteiger partial charge is 0.332 e. The van der Waals surface area contributed by atoms with Gasteiger partial charge >= 0.3 is 5.69 Å². The van der Waals surface area contributed by atoms with Crippen LogP contribution in [0.2, 0.25) is 0 Å². The number of nitrogens with one attached hydrogen (secondary N) is 1. The molecule has 0 aliphatic rings. The van der Waals surface area contributed by atoms with Gasteiger partial charge in [-0.25, -0.2) is 4.79 Å². The van der Waals surface area contributed by atoms with E-state index in [1.807, 2.05) is 43.3 Å². The molecule has 1 aromatic heterocycles. The van der Waals surface area contributed by atoms with Crippen molar-refractivity contribution in [3.05, 3.63) is 62.3 Å². The van der Waals surface area contributed by atoms with Crippen LogP contribution in [0.3, 0.4) is 0 Å².